The average Bonchev–Trinajstić information content (AvgIpc) is 3.39. The van der Waals surface area contributed by atoms with Crippen molar-refractivity contribution < 1.29 is 23.9 Å². The van der Waals surface area contributed by atoms with Crippen molar-refractivity contribution in [1.29, 1.82) is 0 Å². The van der Waals surface area contributed by atoms with Crippen molar-refractivity contribution in [3.05, 3.63) is 46.2 Å². The van der Waals surface area contributed by atoms with Crippen LogP contribution >= 0.6 is 11.3 Å². The summed E-state index contributed by atoms with van der Waals surface area (Å²) in [6.45, 7) is 7.63. The van der Waals surface area contributed by atoms with E-state index in [1.165, 1.54) is 16.2 Å². The molecule has 1 aromatic carbocycles. The van der Waals surface area contributed by atoms with E-state index in [-0.39, 0.29) is 25.0 Å². The molecule has 1 atom stereocenters. The van der Waals surface area contributed by atoms with Crippen molar-refractivity contribution >= 4 is 40.6 Å². The lowest BCUT2D eigenvalue weighted by Crippen LogP contribution is -2.41. The zero-order valence-electron chi connectivity index (χ0n) is 17.9. The number of anilines is 2. The fourth-order valence-electron chi connectivity index (χ4n) is 3.29. The summed E-state index contributed by atoms with van der Waals surface area (Å²) >= 11 is 1.42. The van der Waals surface area contributed by atoms with Crippen molar-refractivity contribution in [3.63, 3.8) is 0 Å². The van der Waals surface area contributed by atoms with E-state index in [4.69, 9.17) is 9.47 Å². The number of aryl methyl sites for hydroxylation is 1. The number of hydrogen-bond donors (Lipinski definition) is 1. The third-order valence-corrected chi connectivity index (χ3v) is 5.79. The third-order valence-electron chi connectivity index (χ3n) is 4.79. The van der Waals surface area contributed by atoms with E-state index in [0.717, 1.165) is 10.6 Å². The topological polar surface area (TPSA) is 88.2 Å². The molecule has 8 nitrogen and oxygen atoms in total. The number of thiophene rings is 1. The molecule has 3 heterocycles. The first-order chi connectivity index (χ1) is 15.0. The second kappa shape index (κ2) is 10.4. The number of ether oxygens (including phenoxy) is 2. The van der Waals surface area contributed by atoms with Gasteiger partial charge in [-0.2, -0.15) is 0 Å². The molecule has 0 aliphatic carbocycles. The maximum absolute atomic E-state index is 12.3. The van der Waals surface area contributed by atoms with E-state index >= 15 is 0 Å². The van der Waals surface area contributed by atoms with Crippen LogP contribution in [0.15, 0.2) is 36.4 Å². The fourth-order valence-corrected chi connectivity index (χ4v) is 4.08. The van der Waals surface area contributed by atoms with Gasteiger partial charge in [-0.15, -0.1) is 11.3 Å². The molecule has 2 saturated heterocycles. The standard InChI is InChI=1S/C20H21N3O5S.C2H6/c1-13-2-7-17(29-13)19(25)21-10-16-11-23(20(26)28-16)15-5-3-14(4-6-15)22-8-9-27-12-18(22)24;1-2/h2-7,16H,8-12H2,1H3,(H,21,25);1-2H3. The zero-order valence-corrected chi connectivity index (χ0v) is 18.7. The summed E-state index contributed by atoms with van der Waals surface area (Å²) in [6, 6.07) is 10.9. The minimum atomic E-state index is -0.452. The quantitative estimate of drug-likeness (QED) is 0.764. The molecule has 2 aliphatic heterocycles. The Kier molecular flexibility index (Phi) is 7.64. The van der Waals surface area contributed by atoms with Crippen LogP contribution < -0.4 is 15.1 Å². The second-order valence-electron chi connectivity index (χ2n) is 6.85. The maximum atomic E-state index is 12.3. The molecule has 1 unspecified atom stereocenters. The monoisotopic (exact) mass is 445 g/mol. The Labute approximate surface area is 185 Å². The molecular formula is C22H27N3O5S. The first kappa shape index (κ1) is 22.8. The van der Waals surface area contributed by atoms with Crippen molar-refractivity contribution in [2.75, 3.05) is 42.6 Å². The van der Waals surface area contributed by atoms with E-state index < -0.39 is 12.2 Å². The number of nitrogens with one attached hydrogen (secondary N) is 1. The van der Waals surface area contributed by atoms with Crippen LogP contribution in [0.5, 0.6) is 0 Å². The summed E-state index contributed by atoms with van der Waals surface area (Å²) in [5, 5.41) is 2.82. The highest BCUT2D eigenvalue weighted by molar-refractivity contribution is 7.13. The lowest BCUT2D eigenvalue weighted by molar-refractivity contribution is -0.125. The van der Waals surface area contributed by atoms with Gasteiger partial charge in [0.15, 0.2) is 0 Å². The third kappa shape index (κ3) is 5.42. The summed E-state index contributed by atoms with van der Waals surface area (Å²) in [4.78, 5) is 41.3. The van der Waals surface area contributed by atoms with Gasteiger partial charge in [0.05, 0.1) is 24.6 Å². The van der Waals surface area contributed by atoms with Gasteiger partial charge in [-0.05, 0) is 43.3 Å². The molecule has 9 heteroatoms. The normalized spacial score (nSPS) is 18.4. The molecule has 0 bridgehead atoms. The van der Waals surface area contributed by atoms with Gasteiger partial charge in [0.1, 0.15) is 12.7 Å². The Morgan fingerprint density at radius 3 is 2.39 bits per heavy atom. The minimum absolute atomic E-state index is 0.0820. The van der Waals surface area contributed by atoms with Crippen LogP contribution in [-0.2, 0) is 14.3 Å². The number of nitrogens with zero attached hydrogens (tertiary/aromatic N) is 2. The second-order valence-corrected chi connectivity index (χ2v) is 8.14. The number of carbonyl (C=O) groups excluding carboxylic acids is 3. The van der Waals surface area contributed by atoms with Crippen molar-refractivity contribution in [3.8, 4) is 0 Å². The molecule has 0 radical (unpaired) electrons. The van der Waals surface area contributed by atoms with Crippen LogP contribution in [0.25, 0.3) is 0 Å². The van der Waals surface area contributed by atoms with E-state index in [2.05, 4.69) is 5.32 Å². The van der Waals surface area contributed by atoms with Gasteiger partial charge in [-0.3, -0.25) is 14.5 Å². The number of amides is 3. The highest BCUT2D eigenvalue weighted by atomic mass is 32.1. The van der Waals surface area contributed by atoms with E-state index in [0.29, 0.717) is 30.3 Å². The Morgan fingerprint density at radius 2 is 1.77 bits per heavy atom. The summed E-state index contributed by atoms with van der Waals surface area (Å²) in [7, 11) is 0. The van der Waals surface area contributed by atoms with Crippen LogP contribution in [0.2, 0.25) is 0 Å². The van der Waals surface area contributed by atoms with Crippen LogP contribution in [0.4, 0.5) is 16.2 Å². The van der Waals surface area contributed by atoms with Gasteiger partial charge < -0.3 is 19.7 Å². The molecule has 3 amide bonds. The highest BCUT2D eigenvalue weighted by Gasteiger charge is 2.33. The van der Waals surface area contributed by atoms with Crippen LogP contribution in [0.1, 0.15) is 28.4 Å². The van der Waals surface area contributed by atoms with Gasteiger partial charge in [-0.25, -0.2) is 4.79 Å². The number of rotatable bonds is 5. The predicted molar refractivity (Wildman–Crippen MR) is 120 cm³/mol. The first-order valence-corrected chi connectivity index (χ1v) is 11.1. The van der Waals surface area contributed by atoms with Gasteiger partial charge in [-0.1, -0.05) is 13.8 Å². The van der Waals surface area contributed by atoms with E-state index in [1.807, 2.05) is 26.8 Å². The molecule has 0 spiro atoms. The predicted octanol–water partition coefficient (Wildman–Crippen LogP) is 3.20. The average molecular weight is 446 g/mol. The van der Waals surface area contributed by atoms with Crippen LogP contribution in [0.3, 0.4) is 0 Å². The minimum Gasteiger partial charge on any atom is -0.442 e. The maximum Gasteiger partial charge on any atom is 0.414 e. The summed E-state index contributed by atoms with van der Waals surface area (Å²) < 4.78 is 10.5. The molecular weight excluding hydrogens is 418 g/mol. The lowest BCUT2D eigenvalue weighted by Gasteiger charge is -2.27. The number of hydrogen-bond acceptors (Lipinski definition) is 6. The number of morpholine rings is 1. The Morgan fingerprint density at radius 1 is 1.10 bits per heavy atom. The van der Waals surface area contributed by atoms with E-state index in [1.54, 1.807) is 35.2 Å². The molecule has 0 saturated carbocycles. The smallest absolute Gasteiger partial charge is 0.414 e. The Balaban J connectivity index is 0.00000132. The van der Waals surface area contributed by atoms with Gasteiger partial charge in [0.2, 0.25) is 0 Å². The molecule has 2 fully saturated rings. The van der Waals surface area contributed by atoms with Crippen LogP contribution in [-0.4, -0.2) is 56.9 Å². The molecule has 1 aromatic heterocycles. The zero-order chi connectivity index (χ0) is 22.4. The van der Waals surface area contributed by atoms with Crippen LogP contribution in [0, 0.1) is 6.92 Å². The molecule has 2 aromatic rings. The molecule has 2 aliphatic rings. The fraction of sp³-hybridized carbons (Fsp3) is 0.409. The molecule has 4 rings (SSSR count). The van der Waals surface area contributed by atoms with Crippen molar-refractivity contribution in [1.82, 2.24) is 5.32 Å². The van der Waals surface area contributed by atoms with Gasteiger partial charge in [0, 0.05) is 22.8 Å². The van der Waals surface area contributed by atoms with Crippen molar-refractivity contribution in [2.24, 2.45) is 0 Å². The number of cyclic esters (lactones) is 1. The van der Waals surface area contributed by atoms with E-state index in [9.17, 15) is 14.4 Å². The largest absolute Gasteiger partial charge is 0.442 e. The van der Waals surface area contributed by atoms with Gasteiger partial charge in [0.25, 0.3) is 11.8 Å². The SMILES string of the molecule is CC.Cc1ccc(C(=O)NCC2CN(c3ccc(N4CCOCC4=O)cc3)C(=O)O2)s1. The molecule has 31 heavy (non-hydrogen) atoms. The Hall–Kier alpha value is -2.91. The lowest BCUT2D eigenvalue weighted by atomic mass is 10.2. The number of benzene rings is 1. The molecule has 166 valence electrons. The number of carbonyl (C=O) groups is 3. The van der Waals surface area contributed by atoms with Crippen molar-refractivity contribution in [2.45, 2.75) is 26.9 Å². The Bertz CT molecular complexity index is 927. The highest BCUT2D eigenvalue weighted by Crippen LogP contribution is 2.25. The van der Waals surface area contributed by atoms with Gasteiger partial charge >= 0.3 is 6.09 Å². The molecule has 1 N–H and O–H groups in total. The first-order valence-electron chi connectivity index (χ1n) is 10.3. The summed E-state index contributed by atoms with van der Waals surface area (Å²) in [6.07, 6.45) is -0.876. The summed E-state index contributed by atoms with van der Waals surface area (Å²) in [5.41, 5.74) is 1.45. The summed E-state index contributed by atoms with van der Waals surface area (Å²) in [5.74, 6) is -0.251.